The van der Waals surface area contributed by atoms with E-state index < -0.39 is 74.2 Å². The second-order valence-corrected chi connectivity index (χ2v) is 11.3. The Bertz CT molecular complexity index is 671. The molecule has 0 spiro atoms. The lowest BCUT2D eigenvalue weighted by atomic mass is 9.98. The van der Waals surface area contributed by atoms with Crippen molar-refractivity contribution in [2.24, 2.45) is 0 Å². The molecular weight excluding hydrogens is 538 g/mol. The third-order valence-corrected chi connectivity index (χ3v) is 7.84. The van der Waals surface area contributed by atoms with Gasteiger partial charge >= 0.3 is 0 Å². The molecule has 12 nitrogen and oxygen atoms in total. The Labute approximate surface area is 244 Å². The minimum Gasteiger partial charge on any atom is -0.394 e. The third kappa shape index (κ3) is 13.5. The van der Waals surface area contributed by atoms with Crippen molar-refractivity contribution in [2.45, 2.75) is 152 Å². The molecule has 0 saturated carbocycles. The molecule has 1 aliphatic heterocycles. The number of hydrogen-bond donors (Lipinski definition) is 8. The third-order valence-electron chi connectivity index (χ3n) is 7.84. The molecule has 1 saturated heterocycles. The van der Waals surface area contributed by atoms with Crippen LogP contribution in [0.5, 0.6) is 0 Å². The van der Waals surface area contributed by atoms with Crippen molar-refractivity contribution in [1.29, 1.82) is 0 Å². The van der Waals surface area contributed by atoms with E-state index in [2.05, 4.69) is 6.92 Å². The van der Waals surface area contributed by atoms with Gasteiger partial charge in [0.2, 0.25) is 0 Å². The number of unbranched alkanes of at least 4 members (excludes halogenated alkanes) is 13. The van der Waals surface area contributed by atoms with Gasteiger partial charge in [-0.1, -0.05) is 90.4 Å². The number of aliphatic hydroxyl groups is 8. The van der Waals surface area contributed by atoms with Gasteiger partial charge < -0.3 is 55.2 Å². The second kappa shape index (κ2) is 21.7. The van der Waals surface area contributed by atoms with E-state index in [0.717, 1.165) is 19.3 Å². The van der Waals surface area contributed by atoms with Crippen molar-refractivity contribution < 1.29 is 55.1 Å². The van der Waals surface area contributed by atoms with E-state index >= 15 is 0 Å². The van der Waals surface area contributed by atoms with Gasteiger partial charge in [0.25, 0.3) is 5.91 Å². The zero-order valence-electron chi connectivity index (χ0n) is 25.0. The summed E-state index contributed by atoms with van der Waals surface area (Å²) in [4.78, 5) is 14.0. The summed E-state index contributed by atoms with van der Waals surface area (Å²) in [6.45, 7) is 0.927. The van der Waals surface area contributed by atoms with Gasteiger partial charge in [-0.25, -0.2) is 0 Å². The summed E-state index contributed by atoms with van der Waals surface area (Å²) < 4.78 is 10.6. The lowest BCUT2D eigenvalue weighted by Crippen LogP contribution is -2.62. The first kappa shape index (κ1) is 38.1. The first-order chi connectivity index (χ1) is 19.6. The lowest BCUT2D eigenvalue weighted by molar-refractivity contribution is -0.326. The quantitative estimate of drug-likeness (QED) is 0.0750. The Morgan fingerprint density at radius 2 is 1.27 bits per heavy atom. The van der Waals surface area contributed by atoms with Crippen LogP contribution >= 0.6 is 0 Å². The fourth-order valence-electron chi connectivity index (χ4n) is 5.04. The smallest absolute Gasteiger partial charge is 0.253 e. The van der Waals surface area contributed by atoms with Gasteiger partial charge in [0.1, 0.15) is 42.7 Å². The molecule has 1 rings (SSSR count). The Morgan fingerprint density at radius 3 is 1.73 bits per heavy atom. The molecule has 1 heterocycles. The Kier molecular flexibility index (Phi) is 20.2. The Balaban J connectivity index is 2.40. The fraction of sp³-hybridized carbons (Fsp3) is 0.966. The number of aliphatic hydroxyl groups excluding tert-OH is 8. The van der Waals surface area contributed by atoms with Crippen LogP contribution in [0.2, 0.25) is 0 Å². The zero-order valence-corrected chi connectivity index (χ0v) is 25.0. The fourth-order valence-corrected chi connectivity index (χ4v) is 5.04. The zero-order chi connectivity index (χ0) is 30.8. The van der Waals surface area contributed by atoms with E-state index in [4.69, 9.17) is 9.47 Å². The van der Waals surface area contributed by atoms with E-state index in [0.29, 0.717) is 13.0 Å². The highest BCUT2D eigenvalue weighted by Crippen LogP contribution is 2.25. The number of hydrogen-bond acceptors (Lipinski definition) is 11. The van der Waals surface area contributed by atoms with E-state index in [9.17, 15) is 45.6 Å². The Morgan fingerprint density at radius 1 is 0.780 bits per heavy atom. The molecule has 1 amide bonds. The van der Waals surface area contributed by atoms with Gasteiger partial charge in [-0.3, -0.25) is 4.79 Å². The summed E-state index contributed by atoms with van der Waals surface area (Å²) in [5.41, 5.74) is 0. The summed E-state index contributed by atoms with van der Waals surface area (Å²) in [6, 6.07) is 0. The maximum absolute atomic E-state index is 12.7. The van der Waals surface area contributed by atoms with Crippen LogP contribution < -0.4 is 0 Å². The van der Waals surface area contributed by atoms with Crippen molar-refractivity contribution in [3.63, 3.8) is 0 Å². The van der Waals surface area contributed by atoms with Crippen LogP contribution in [0.4, 0.5) is 0 Å². The highest BCUT2D eigenvalue weighted by atomic mass is 16.7. The first-order valence-electron chi connectivity index (χ1n) is 15.5. The molecule has 0 aromatic carbocycles. The van der Waals surface area contributed by atoms with Crippen LogP contribution in [0.1, 0.15) is 96.8 Å². The van der Waals surface area contributed by atoms with Crippen LogP contribution in [0.3, 0.4) is 0 Å². The maximum atomic E-state index is 12.7. The molecule has 0 bridgehead atoms. The summed E-state index contributed by atoms with van der Waals surface area (Å²) >= 11 is 0. The van der Waals surface area contributed by atoms with Crippen molar-refractivity contribution in [3.05, 3.63) is 0 Å². The minimum absolute atomic E-state index is 0.349. The number of nitrogens with zero attached hydrogens (tertiary/aromatic N) is 1. The largest absolute Gasteiger partial charge is 0.394 e. The monoisotopic (exact) mass is 595 g/mol. The summed E-state index contributed by atoms with van der Waals surface area (Å²) in [6.07, 6.45) is 0.792. The van der Waals surface area contributed by atoms with Crippen LogP contribution in [0, 0.1) is 0 Å². The van der Waals surface area contributed by atoms with E-state index in [-0.39, 0.29) is 0 Å². The van der Waals surface area contributed by atoms with Gasteiger partial charge in [0, 0.05) is 13.6 Å². The summed E-state index contributed by atoms with van der Waals surface area (Å²) in [7, 11) is 1.48. The van der Waals surface area contributed by atoms with E-state index in [1.165, 1.54) is 76.2 Å². The lowest BCUT2D eigenvalue weighted by Gasteiger charge is -2.42. The summed E-state index contributed by atoms with van der Waals surface area (Å²) in [5, 5.41) is 80.2. The van der Waals surface area contributed by atoms with Crippen LogP contribution in [-0.2, 0) is 14.3 Å². The number of ether oxygens (including phenoxy) is 2. The van der Waals surface area contributed by atoms with E-state index in [1.54, 1.807) is 0 Å². The van der Waals surface area contributed by atoms with Gasteiger partial charge in [-0.05, 0) is 6.42 Å². The van der Waals surface area contributed by atoms with Crippen molar-refractivity contribution >= 4 is 5.91 Å². The van der Waals surface area contributed by atoms with Gasteiger partial charge in [-0.15, -0.1) is 0 Å². The molecule has 41 heavy (non-hydrogen) atoms. The number of carbonyl (C=O) groups excluding carboxylic acids is 1. The highest BCUT2D eigenvalue weighted by molar-refractivity contribution is 5.81. The van der Waals surface area contributed by atoms with Gasteiger partial charge in [0.15, 0.2) is 12.4 Å². The van der Waals surface area contributed by atoms with Crippen molar-refractivity contribution in [1.82, 2.24) is 4.90 Å². The molecular formula is C29H57NO11. The number of rotatable bonds is 23. The predicted molar refractivity (Wildman–Crippen MR) is 152 cm³/mol. The average molecular weight is 596 g/mol. The maximum Gasteiger partial charge on any atom is 0.253 e. The molecule has 0 aromatic rings. The molecule has 12 heteroatoms. The average Bonchev–Trinajstić information content (AvgIpc) is 2.98. The van der Waals surface area contributed by atoms with E-state index in [1.807, 2.05) is 0 Å². The van der Waals surface area contributed by atoms with Crippen LogP contribution in [0.25, 0.3) is 0 Å². The number of amides is 1. The van der Waals surface area contributed by atoms with Crippen LogP contribution in [0.15, 0.2) is 0 Å². The van der Waals surface area contributed by atoms with Gasteiger partial charge in [-0.2, -0.15) is 0 Å². The molecule has 1 aliphatic rings. The molecule has 244 valence electrons. The summed E-state index contributed by atoms with van der Waals surface area (Å²) in [5.74, 6) is -0.820. The molecule has 0 unspecified atom stereocenters. The predicted octanol–water partition coefficient (Wildman–Crippen LogP) is 0.186. The topological polar surface area (TPSA) is 201 Å². The normalized spacial score (nSPS) is 26.0. The number of carbonyl (C=O) groups is 1. The highest BCUT2D eigenvalue weighted by Gasteiger charge is 2.47. The molecule has 8 N–H and O–H groups in total. The molecule has 1 fully saturated rings. The number of likely N-dealkylation sites (N-methyl/N-ethyl adjacent to an activating group) is 1. The van der Waals surface area contributed by atoms with Crippen LogP contribution in [-0.4, -0.2) is 134 Å². The van der Waals surface area contributed by atoms with Gasteiger partial charge in [0.05, 0.1) is 13.2 Å². The Hall–Kier alpha value is -0.930. The van der Waals surface area contributed by atoms with Crippen molar-refractivity contribution in [3.8, 4) is 0 Å². The molecule has 9 atom stereocenters. The van der Waals surface area contributed by atoms with Crippen molar-refractivity contribution in [2.75, 3.05) is 26.8 Å². The standard InChI is InChI=1S/C29H57NO11/c1-3-4-5-6-7-8-9-10-11-12-13-14-15-16-17-30(2)28(39)25(37)24(36)27(20(33)18-31)41-29-26(38)23(35)22(34)21(19-32)40-29/h20-27,29,31-38H,3-19H2,1-2H3/t20-,21-,22+,23+,24-,25-,26-,27-,29+/m1/s1. The minimum atomic E-state index is -2.03. The molecule has 0 aliphatic carbocycles. The molecule has 0 aromatic heterocycles. The molecule has 0 radical (unpaired) electrons. The second-order valence-electron chi connectivity index (χ2n) is 11.3. The first-order valence-corrected chi connectivity index (χ1v) is 15.5. The SMILES string of the molecule is CCCCCCCCCCCCCCCCN(C)C(=O)[C@H](O)[C@@H](O)[C@H](O[C@@H]1O[C@H](CO)[C@H](O)[C@H](O)[C@H]1O)[C@H](O)CO.